The molecule has 0 bridgehead atoms. The number of carbonyl (C=O) groups is 1. The summed E-state index contributed by atoms with van der Waals surface area (Å²) in [5.41, 5.74) is 3.69. The first-order valence-corrected chi connectivity index (χ1v) is 5.56. The van der Waals surface area contributed by atoms with Gasteiger partial charge in [-0.3, -0.25) is 10.2 Å². The zero-order chi connectivity index (χ0) is 12.3. The van der Waals surface area contributed by atoms with Crippen molar-refractivity contribution in [3.8, 4) is 5.75 Å². The molecule has 5 heteroatoms. The molecule has 1 aliphatic heterocycles. The van der Waals surface area contributed by atoms with Crippen molar-refractivity contribution in [2.45, 2.75) is 12.5 Å². The lowest BCUT2D eigenvalue weighted by atomic mass is 10.0. The molecule has 0 aliphatic carbocycles. The lowest BCUT2D eigenvalue weighted by Gasteiger charge is -2.23. The number of nitrogens with one attached hydrogen (secondary N) is 1. The van der Waals surface area contributed by atoms with Crippen molar-refractivity contribution in [3.05, 3.63) is 29.8 Å². The van der Waals surface area contributed by atoms with Gasteiger partial charge in [0.05, 0.1) is 19.8 Å². The van der Waals surface area contributed by atoms with Crippen LogP contribution in [0.15, 0.2) is 24.3 Å². The summed E-state index contributed by atoms with van der Waals surface area (Å²) in [5, 5.41) is 10.7. The lowest BCUT2D eigenvalue weighted by molar-refractivity contribution is -0.121. The zero-order valence-electron chi connectivity index (χ0n) is 9.72. The number of ether oxygens (including phenoxy) is 1. The Hall–Kier alpha value is -1.59. The van der Waals surface area contributed by atoms with E-state index in [1.54, 1.807) is 12.1 Å². The molecule has 1 aliphatic rings. The SMILES string of the molecule is COc1ccccc1C1CC(=O)NN1CCO. The van der Waals surface area contributed by atoms with Crippen LogP contribution in [0.5, 0.6) is 5.75 Å². The number of nitrogens with zero attached hydrogens (tertiary/aromatic N) is 1. The van der Waals surface area contributed by atoms with Crippen molar-refractivity contribution in [1.82, 2.24) is 10.4 Å². The Kier molecular flexibility index (Phi) is 3.61. The minimum atomic E-state index is -0.0780. The van der Waals surface area contributed by atoms with Crippen molar-refractivity contribution in [2.75, 3.05) is 20.3 Å². The zero-order valence-corrected chi connectivity index (χ0v) is 9.72. The maximum atomic E-state index is 11.4. The van der Waals surface area contributed by atoms with Crippen LogP contribution in [0.25, 0.3) is 0 Å². The van der Waals surface area contributed by atoms with Gasteiger partial charge in [0.2, 0.25) is 5.91 Å². The third-order valence-corrected chi connectivity index (χ3v) is 2.86. The summed E-state index contributed by atoms with van der Waals surface area (Å²) >= 11 is 0. The van der Waals surface area contributed by atoms with Crippen LogP contribution < -0.4 is 10.2 Å². The highest BCUT2D eigenvalue weighted by atomic mass is 16.5. The molecule has 0 saturated carbocycles. The van der Waals surface area contributed by atoms with Gasteiger partial charge in [-0.1, -0.05) is 18.2 Å². The van der Waals surface area contributed by atoms with Crippen molar-refractivity contribution < 1.29 is 14.6 Å². The van der Waals surface area contributed by atoms with E-state index in [1.165, 1.54) is 0 Å². The maximum absolute atomic E-state index is 11.4. The number of methoxy groups -OCH3 is 1. The quantitative estimate of drug-likeness (QED) is 0.797. The van der Waals surface area contributed by atoms with Gasteiger partial charge in [-0.05, 0) is 6.07 Å². The van der Waals surface area contributed by atoms with Crippen LogP contribution in [-0.2, 0) is 4.79 Å². The summed E-state index contributed by atoms with van der Waals surface area (Å²) < 4.78 is 5.29. The van der Waals surface area contributed by atoms with Crippen LogP contribution in [0.1, 0.15) is 18.0 Å². The van der Waals surface area contributed by atoms with Gasteiger partial charge < -0.3 is 9.84 Å². The summed E-state index contributed by atoms with van der Waals surface area (Å²) in [4.78, 5) is 11.4. The van der Waals surface area contributed by atoms with E-state index in [9.17, 15) is 4.79 Å². The first-order chi connectivity index (χ1) is 8.26. The van der Waals surface area contributed by atoms with Crippen LogP contribution in [-0.4, -0.2) is 36.3 Å². The van der Waals surface area contributed by atoms with Crippen LogP contribution in [0.3, 0.4) is 0 Å². The van der Waals surface area contributed by atoms with Gasteiger partial charge >= 0.3 is 0 Å². The molecule has 2 rings (SSSR count). The van der Waals surface area contributed by atoms with Crippen LogP contribution in [0.4, 0.5) is 0 Å². The van der Waals surface area contributed by atoms with E-state index in [4.69, 9.17) is 9.84 Å². The highest BCUT2D eigenvalue weighted by Gasteiger charge is 2.32. The number of hydrogen-bond acceptors (Lipinski definition) is 4. The smallest absolute Gasteiger partial charge is 0.236 e. The molecule has 17 heavy (non-hydrogen) atoms. The van der Waals surface area contributed by atoms with E-state index >= 15 is 0 Å². The molecule has 1 aromatic rings. The number of β-amino-alcohol motifs (C(OH)–C–C–N with tert-alkyl or cyclic N) is 1. The number of hydrazine groups is 1. The second-order valence-corrected chi connectivity index (χ2v) is 3.91. The number of para-hydroxylation sites is 1. The summed E-state index contributed by atoms with van der Waals surface area (Å²) in [6.07, 6.45) is 0.389. The maximum Gasteiger partial charge on any atom is 0.236 e. The van der Waals surface area contributed by atoms with Gasteiger partial charge in [-0.2, -0.15) is 0 Å². The fourth-order valence-electron chi connectivity index (χ4n) is 2.11. The van der Waals surface area contributed by atoms with Crippen molar-refractivity contribution in [3.63, 3.8) is 0 Å². The average Bonchev–Trinajstić information content (AvgIpc) is 2.71. The van der Waals surface area contributed by atoms with Gasteiger partial charge in [0.15, 0.2) is 0 Å². The van der Waals surface area contributed by atoms with Crippen LogP contribution in [0.2, 0.25) is 0 Å². The molecule has 1 heterocycles. The normalized spacial score (nSPS) is 20.4. The van der Waals surface area contributed by atoms with Gasteiger partial charge in [0, 0.05) is 18.5 Å². The summed E-state index contributed by atoms with van der Waals surface area (Å²) in [6.45, 7) is 0.417. The highest BCUT2D eigenvalue weighted by molar-refractivity contribution is 5.78. The topological polar surface area (TPSA) is 61.8 Å². The first kappa shape index (κ1) is 11.9. The molecular formula is C12H16N2O3. The fraction of sp³-hybridized carbons (Fsp3) is 0.417. The molecule has 2 N–H and O–H groups in total. The molecule has 1 saturated heterocycles. The third-order valence-electron chi connectivity index (χ3n) is 2.86. The first-order valence-electron chi connectivity index (χ1n) is 5.56. The van der Waals surface area contributed by atoms with Gasteiger partial charge in [0.25, 0.3) is 0 Å². The van der Waals surface area contributed by atoms with E-state index in [-0.39, 0.29) is 18.6 Å². The van der Waals surface area contributed by atoms with E-state index in [2.05, 4.69) is 5.43 Å². The Bertz CT molecular complexity index is 408. The summed E-state index contributed by atoms with van der Waals surface area (Å²) in [6, 6.07) is 7.54. The Morgan fingerprint density at radius 2 is 2.29 bits per heavy atom. The van der Waals surface area contributed by atoms with Crippen molar-refractivity contribution in [2.24, 2.45) is 0 Å². The molecule has 5 nitrogen and oxygen atoms in total. The number of hydrogen-bond donors (Lipinski definition) is 2. The summed E-state index contributed by atoms with van der Waals surface area (Å²) in [5.74, 6) is 0.728. The van der Waals surface area contributed by atoms with Crippen LogP contribution in [0, 0.1) is 0 Å². The molecule has 92 valence electrons. The molecule has 1 atom stereocenters. The van der Waals surface area contributed by atoms with Gasteiger partial charge in [0.1, 0.15) is 5.75 Å². The highest BCUT2D eigenvalue weighted by Crippen LogP contribution is 2.33. The van der Waals surface area contributed by atoms with Crippen molar-refractivity contribution >= 4 is 5.91 Å². The molecule has 0 radical (unpaired) electrons. The van der Waals surface area contributed by atoms with E-state index in [0.717, 1.165) is 11.3 Å². The van der Waals surface area contributed by atoms with Crippen molar-refractivity contribution in [1.29, 1.82) is 0 Å². The molecule has 1 fully saturated rings. The predicted octanol–water partition coefficient (Wildman–Crippen LogP) is 0.465. The van der Waals surface area contributed by atoms with Gasteiger partial charge in [-0.25, -0.2) is 5.01 Å². The van der Waals surface area contributed by atoms with E-state index in [0.29, 0.717) is 13.0 Å². The summed E-state index contributed by atoms with van der Waals surface area (Å²) in [7, 11) is 1.61. The molecule has 1 unspecified atom stereocenters. The van der Waals surface area contributed by atoms with Crippen LogP contribution >= 0.6 is 0 Å². The Balaban J connectivity index is 2.27. The molecular weight excluding hydrogens is 220 g/mol. The number of carbonyl (C=O) groups excluding carboxylic acids is 1. The standard InChI is InChI=1S/C12H16N2O3/c1-17-11-5-3-2-4-9(11)10-8-12(16)13-14(10)6-7-15/h2-5,10,15H,6-8H2,1H3,(H,13,16). The third kappa shape index (κ3) is 2.40. The minimum absolute atomic E-state index is 0.00588. The lowest BCUT2D eigenvalue weighted by Crippen LogP contribution is -2.36. The average molecular weight is 236 g/mol. The largest absolute Gasteiger partial charge is 0.496 e. The Labute approximate surface area is 100.0 Å². The molecule has 1 aromatic carbocycles. The molecule has 1 amide bonds. The molecule has 0 aromatic heterocycles. The van der Waals surface area contributed by atoms with Gasteiger partial charge in [-0.15, -0.1) is 0 Å². The monoisotopic (exact) mass is 236 g/mol. The number of aliphatic hydroxyl groups excluding tert-OH is 1. The van der Waals surface area contributed by atoms with E-state index < -0.39 is 0 Å². The second-order valence-electron chi connectivity index (χ2n) is 3.91. The molecule has 0 spiro atoms. The second kappa shape index (κ2) is 5.16. The number of amides is 1. The fourth-order valence-corrected chi connectivity index (χ4v) is 2.11. The Morgan fingerprint density at radius 3 is 3.00 bits per heavy atom. The Morgan fingerprint density at radius 1 is 1.53 bits per heavy atom. The number of aliphatic hydroxyl groups is 1. The number of rotatable bonds is 4. The predicted molar refractivity (Wildman–Crippen MR) is 62.3 cm³/mol. The minimum Gasteiger partial charge on any atom is -0.496 e. The number of benzene rings is 1. The van der Waals surface area contributed by atoms with E-state index in [1.807, 2.05) is 24.3 Å².